The lowest BCUT2D eigenvalue weighted by Crippen LogP contribution is -2.15. The van der Waals surface area contributed by atoms with Crippen LogP contribution in [0.4, 0.5) is 0 Å². The molecule has 0 spiro atoms. The van der Waals surface area contributed by atoms with Crippen molar-refractivity contribution >= 4 is 5.84 Å². The van der Waals surface area contributed by atoms with Gasteiger partial charge in [-0.05, 0) is 18.2 Å². The summed E-state index contributed by atoms with van der Waals surface area (Å²) in [5.74, 6) is 0.396. The van der Waals surface area contributed by atoms with Crippen LogP contribution in [-0.4, -0.2) is 26.0 Å². The molecule has 0 aromatic carbocycles. The smallest absolute Gasteiger partial charge is 0.322 e. The summed E-state index contributed by atoms with van der Waals surface area (Å²) in [4.78, 5) is 11.7. The maximum atomic E-state index is 8.52. The first-order valence-corrected chi connectivity index (χ1v) is 4.68. The van der Waals surface area contributed by atoms with Crippen LogP contribution in [0.25, 0.3) is 0 Å². The van der Waals surface area contributed by atoms with E-state index in [0.29, 0.717) is 5.75 Å². The Hall–Kier alpha value is -2.70. The molecule has 2 aromatic heterocycles. The third kappa shape index (κ3) is 2.65. The molecule has 0 unspecified atom stereocenters. The highest BCUT2D eigenvalue weighted by Crippen LogP contribution is 2.15. The monoisotopic (exact) mass is 231 g/mol. The molecular weight excluding hydrogens is 222 g/mol. The zero-order chi connectivity index (χ0) is 12.1. The van der Waals surface area contributed by atoms with E-state index in [0.717, 1.165) is 0 Å². The summed E-state index contributed by atoms with van der Waals surface area (Å²) in [5.41, 5.74) is 5.68. The zero-order valence-corrected chi connectivity index (χ0v) is 8.69. The molecule has 0 saturated heterocycles. The third-order valence-electron chi connectivity index (χ3n) is 1.85. The van der Waals surface area contributed by atoms with Gasteiger partial charge in [-0.3, -0.25) is 4.98 Å². The van der Waals surface area contributed by atoms with Crippen LogP contribution in [0, 0.1) is 0 Å². The quantitative estimate of drug-likeness (QED) is 0.349. The number of hydrogen-bond donors (Lipinski definition) is 2. The van der Waals surface area contributed by atoms with Gasteiger partial charge >= 0.3 is 6.01 Å². The first kappa shape index (κ1) is 10.8. The molecule has 0 fully saturated rings. The summed E-state index contributed by atoms with van der Waals surface area (Å²) in [5, 5.41) is 11.4. The average Bonchev–Trinajstić information content (AvgIpc) is 2.39. The normalized spacial score (nSPS) is 11.2. The van der Waals surface area contributed by atoms with Crippen molar-refractivity contribution in [2.24, 2.45) is 10.9 Å². The fourth-order valence-corrected chi connectivity index (χ4v) is 1.10. The highest BCUT2D eigenvalue weighted by molar-refractivity contribution is 5.95. The largest absolute Gasteiger partial charge is 0.423 e. The van der Waals surface area contributed by atoms with Gasteiger partial charge in [-0.1, -0.05) is 5.16 Å². The molecule has 0 saturated carbocycles. The van der Waals surface area contributed by atoms with Gasteiger partial charge in [0.15, 0.2) is 5.84 Å². The Morgan fingerprint density at radius 3 is 2.94 bits per heavy atom. The Kier molecular flexibility index (Phi) is 3.10. The SMILES string of the molecule is N/C(=N/O)c1ccnc(Oc2cccnc2)n1. The van der Waals surface area contributed by atoms with E-state index in [1.165, 1.54) is 18.5 Å². The van der Waals surface area contributed by atoms with Gasteiger partial charge in [0.2, 0.25) is 0 Å². The zero-order valence-electron chi connectivity index (χ0n) is 8.69. The molecule has 0 aliphatic heterocycles. The fourth-order valence-electron chi connectivity index (χ4n) is 1.10. The first-order valence-electron chi connectivity index (χ1n) is 4.68. The summed E-state index contributed by atoms with van der Waals surface area (Å²) in [6.45, 7) is 0. The summed E-state index contributed by atoms with van der Waals surface area (Å²) in [6, 6.07) is 5.04. The minimum absolute atomic E-state index is 0.0992. The highest BCUT2D eigenvalue weighted by Gasteiger charge is 2.05. The molecule has 0 bridgehead atoms. The lowest BCUT2D eigenvalue weighted by Gasteiger charge is -2.03. The number of rotatable bonds is 3. The Morgan fingerprint density at radius 2 is 2.24 bits per heavy atom. The van der Waals surface area contributed by atoms with E-state index in [1.807, 2.05) is 0 Å². The molecular formula is C10H9N5O2. The van der Waals surface area contributed by atoms with E-state index in [4.69, 9.17) is 15.7 Å². The molecule has 0 radical (unpaired) electrons. The molecule has 7 nitrogen and oxygen atoms in total. The second-order valence-corrected chi connectivity index (χ2v) is 3.00. The van der Waals surface area contributed by atoms with Crippen LogP contribution in [0.2, 0.25) is 0 Å². The van der Waals surface area contributed by atoms with E-state index in [-0.39, 0.29) is 17.5 Å². The van der Waals surface area contributed by atoms with Crippen LogP contribution >= 0.6 is 0 Å². The molecule has 2 aromatic rings. The van der Waals surface area contributed by atoms with Crippen LogP contribution in [0.1, 0.15) is 5.69 Å². The number of ether oxygens (including phenoxy) is 1. The standard InChI is InChI=1S/C10H9N5O2/c11-9(15-16)8-3-5-13-10(14-8)17-7-2-1-4-12-6-7/h1-6,16H,(H2,11,15). The number of amidine groups is 1. The lowest BCUT2D eigenvalue weighted by molar-refractivity contribution is 0.318. The Morgan fingerprint density at radius 1 is 1.35 bits per heavy atom. The van der Waals surface area contributed by atoms with Crippen molar-refractivity contribution in [2.45, 2.75) is 0 Å². The van der Waals surface area contributed by atoms with E-state index >= 15 is 0 Å². The van der Waals surface area contributed by atoms with Gasteiger partial charge in [-0.25, -0.2) is 4.98 Å². The number of pyridine rings is 1. The summed E-state index contributed by atoms with van der Waals surface area (Å²) < 4.78 is 5.34. The van der Waals surface area contributed by atoms with Crippen LogP contribution < -0.4 is 10.5 Å². The molecule has 0 amide bonds. The van der Waals surface area contributed by atoms with Crippen molar-refractivity contribution in [2.75, 3.05) is 0 Å². The van der Waals surface area contributed by atoms with Gasteiger partial charge in [0, 0.05) is 12.4 Å². The van der Waals surface area contributed by atoms with Crippen LogP contribution in [-0.2, 0) is 0 Å². The Balaban J connectivity index is 2.23. The first-order chi connectivity index (χ1) is 8.29. The summed E-state index contributed by atoms with van der Waals surface area (Å²) in [6.07, 6.45) is 4.60. The highest BCUT2D eigenvalue weighted by atomic mass is 16.5. The minimum atomic E-state index is -0.108. The molecule has 7 heteroatoms. The van der Waals surface area contributed by atoms with E-state index in [9.17, 15) is 0 Å². The number of nitrogens with zero attached hydrogens (tertiary/aromatic N) is 4. The maximum absolute atomic E-state index is 8.52. The predicted molar refractivity (Wildman–Crippen MR) is 58.9 cm³/mol. The predicted octanol–water partition coefficient (Wildman–Crippen LogP) is 0.758. The molecule has 3 N–H and O–H groups in total. The van der Waals surface area contributed by atoms with Crippen LogP contribution in [0.15, 0.2) is 41.9 Å². The van der Waals surface area contributed by atoms with Crippen LogP contribution in [0.5, 0.6) is 11.8 Å². The van der Waals surface area contributed by atoms with E-state index in [2.05, 4.69) is 20.1 Å². The van der Waals surface area contributed by atoms with E-state index in [1.54, 1.807) is 18.3 Å². The van der Waals surface area contributed by atoms with Crippen molar-refractivity contribution in [1.29, 1.82) is 0 Å². The molecule has 0 atom stereocenters. The number of aromatic nitrogens is 3. The maximum Gasteiger partial charge on any atom is 0.322 e. The summed E-state index contributed by atoms with van der Waals surface area (Å²) >= 11 is 0. The fraction of sp³-hybridized carbons (Fsp3) is 0. The molecule has 0 aliphatic carbocycles. The molecule has 0 aliphatic rings. The number of hydrogen-bond acceptors (Lipinski definition) is 6. The van der Waals surface area contributed by atoms with Crippen molar-refractivity contribution < 1.29 is 9.94 Å². The lowest BCUT2D eigenvalue weighted by atomic mass is 10.4. The Bertz CT molecular complexity index is 529. The molecule has 2 heterocycles. The minimum Gasteiger partial charge on any atom is -0.423 e. The van der Waals surface area contributed by atoms with Gasteiger partial charge < -0.3 is 15.7 Å². The van der Waals surface area contributed by atoms with Crippen molar-refractivity contribution in [3.05, 3.63) is 42.5 Å². The van der Waals surface area contributed by atoms with Crippen molar-refractivity contribution in [3.63, 3.8) is 0 Å². The molecule has 2 rings (SSSR count). The Labute approximate surface area is 96.6 Å². The third-order valence-corrected chi connectivity index (χ3v) is 1.85. The second-order valence-electron chi connectivity index (χ2n) is 3.00. The van der Waals surface area contributed by atoms with Gasteiger partial charge in [-0.15, -0.1) is 0 Å². The topological polar surface area (TPSA) is 107 Å². The molecule has 86 valence electrons. The van der Waals surface area contributed by atoms with Gasteiger partial charge in [0.25, 0.3) is 0 Å². The van der Waals surface area contributed by atoms with Gasteiger partial charge in [-0.2, -0.15) is 4.98 Å². The number of nitrogens with two attached hydrogens (primary N) is 1. The second kappa shape index (κ2) is 4.88. The van der Waals surface area contributed by atoms with Gasteiger partial charge in [0.1, 0.15) is 11.4 Å². The van der Waals surface area contributed by atoms with E-state index < -0.39 is 0 Å². The average molecular weight is 231 g/mol. The van der Waals surface area contributed by atoms with Gasteiger partial charge in [0.05, 0.1) is 6.20 Å². The van der Waals surface area contributed by atoms with Crippen molar-refractivity contribution in [3.8, 4) is 11.8 Å². The molecule has 17 heavy (non-hydrogen) atoms. The van der Waals surface area contributed by atoms with Crippen molar-refractivity contribution in [1.82, 2.24) is 15.0 Å². The summed E-state index contributed by atoms with van der Waals surface area (Å²) in [7, 11) is 0. The number of oxime groups is 1. The van der Waals surface area contributed by atoms with Crippen LogP contribution in [0.3, 0.4) is 0 Å².